The van der Waals surface area contributed by atoms with Gasteiger partial charge in [0.2, 0.25) is 11.8 Å². The first-order valence-electron chi connectivity index (χ1n) is 8.79. The Balaban J connectivity index is 1.81. The van der Waals surface area contributed by atoms with E-state index in [1.54, 1.807) is 0 Å². The summed E-state index contributed by atoms with van der Waals surface area (Å²) in [6.45, 7) is 2.02. The van der Waals surface area contributed by atoms with Crippen molar-refractivity contribution in [1.29, 1.82) is 0 Å². The molecular weight excluding hydrogens is 312 g/mol. The van der Waals surface area contributed by atoms with Gasteiger partial charge in [-0.05, 0) is 30.9 Å². The predicted octanol–water partition coefficient (Wildman–Crippen LogP) is 3.13. The number of hydrogen-bond acceptors (Lipinski definition) is 2. The monoisotopic (exact) mass is 336 g/mol. The standard InChI is InChI=1S/C21H24N2O2/c1-21(16-9-4-2-5-10-16,17-11-6-3-7-12-17)23-20(25)15-18-13-8-14-19(24)22-18/h2-7,9-12,18H,8,13-15H2,1H3,(H,22,24)(H,23,25). The molecule has 0 bridgehead atoms. The van der Waals surface area contributed by atoms with Crippen LogP contribution in [0.4, 0.5) is 0 Å². The first-order chi connectivity index (χ1) is 12.1. The van der Waals surface area contributed by atoms with Gasteiger partial charge in [-0.15, -0.1) is 0 Å². The lowest BCUT2D eigenvalue weighted by atomic mass is 9.84. The molecule has 2 N–H and O–H groups in total. The van der Waals surface area contributed by atoms with Crippen LogP contribution in [0.25, 0.3) is 0 Å². The highest BCUT2D eigenvalue weighted by molar-refractivity contribution is 5.81. The lowest BCUT2D eigenvalue weighted by Gasteiger charge is -2.33. The average molecular weight is 336 g/mol. The van der Waals surface area contributed by atoms with Crippen LogP contribution < -0.4 is 10.6 Å². The van der Waals surface area contributed by atoms with Gasteiger partial charge < -0.3 is 10.6 Å². The molecule has 130 valence electrons. The molecular formula is C21H24N2O2. The average Bonchev–Trinajstić information content (AvgIpc) is 2.63. The first kappa shape index (κ1) is 17.2. The molecule has 1 heterocycles. The molecule has 0 saturated carbocycles. The summed E-state index contributed by atoms with van der Waals surface area (Å²) >= 11 is 0. The number of carbonyl (C=O) groups excluding carboxylic acids is 2. The zero-order chi connectivity index (χ0) is 17.7. The number of piperidine rings is 1. The second-order valence-corrected chi connectivity index (χ2v) is 6.77. The Labute approximate surface area is 148 Å². The van der Waals surface area contributed by atoms with E-state index in [2.05, 4.69) is 10.6 Å². The van der Waals surface area contributed by atoms with E-state index in [0.29, 0.717) is 12.8 Å². The van der Waals surface area contributed by atoms with Crippen LogP contribution >= 0.6 is 0 Å². The van der Waals surface area contributed by atoms with E-state index >= 15 is 0 Å². The van der Waals surface area contributed by atoms with Crippen LogP contribution in [-0.2, 0) is 15.1 Å². The van der Waals surface area contributed by atoms with Crippen LogP contribution in [0.1, 0.15) is 43.7 Å². The molecule has 4 heteroatoms. The molecule has 1 aliphatic heterocycles. The van der Waals surface area contributed by atoms with E-state index in [-0.39, 0.29) is 17.9 Å². The Morgan fingerprint density at radius 1 is 1.08 bits per heavy atom. The third kappa shape index (κ3) is 4.08. The van der Waals surface area contributed by atoms with Gasteiger partial charge in [0, 0.05) is 18.9 Å². The van der Waals surface area contributed by atoms with E-state index in [1.807, 2.05) is 67.6 Å². The van der Waals surface area contributed by atoms with Gasteiger partial charge in [0.25, 0.3) is 0 Å². The SMILES string of the molecule is CC(NC(=O)CC1CCCC(=O)N1)(c1ccccc1)c1ccccc1. The zero-order valence-corrected chi connectivity index (χ0v) is 14.5. The summed E-state index contributed by atoms with van der Waals surface area (Å²) in [5.41, 5.74) is 1.45. The molecule has 1 unspecified atom stereocenters. The maximum absolute atomic E-state index is 12.7. The molecule has 0 spiro atoms. The van der Waals surface area contributed by atoms with Crippen LogP contribution in [0.3, 0.4) is 0 Å². The summed E-state index contributed by atoms with van der Waals surface area (Å²) in [5.74, 6) is -0.0136. The minimum atomic E-state index is -0.613. The highest BCUT2D eigenvalue weighted by atomic mass is 16.2. The largest absolute Gasteiger partial charge is 0.353 e. The highest BCUT2D eigenvalue weighted by Gasteiger charge is 2.31. The van der Waals surface area contributed by atoms with Crippen molar-refractivity contribution >= 4 is 11.8 Å². The number of hydrogen-bond donors (Lipinski definition) is 2. The minimum Gasteiger partial charge on any atom is -0.353 e. The van der Waals surface area contributed by atoms with Crippen molar-refractivity contribution in [2.45, 2.75) is 44.2 Å². The molecule has 1 atom stereocenters. The van der Waals surface area contributed by atoms with E-state index in [1.165, 1.54) is 0 Å². The second-order valence-electron chi connectivity index (χ2n) is 6.77. The van der Waals surface area contributed by atoms with Gasteiger partial charge in [-0.25, -0.2) is 0 Å². The van der Waals surface area contributed by atoms with Gasteiger partial charge >= 0.3 is 0 Å². The van der Waals surface area contributed by atoms with Gasteiger partial charge in [-0.2, -0.15) is 0 Å². The Hall–Kier alpha value is -2.62. The normalized spacial score (nSPS) is 17.6. The van der Waals surface area contributed by atoms with Crippen LogP contribution in [0, 0.1) is 0 Å². The Morgan fingerprint density at radius 2 is 1.64 bits per heavy atom. The van der Waals surface area contributed by atoms with Crippen molar-refractivity contribution in [3.63, 3.8) is 0 Å². The topological polar surface area (TPSA) is 58.2 Å². The molecule has 1 aliphatic rings. The molecule has 1 saturated heterocycles. The van der Waals surface area contributed by atoms with Crippen LogP contribution in [0.5, 0.6) is 0 Å². The smallest absolute Gasteiger partial charge is 0.223 e. The van der Waals surface area contributed by atoms with E-state index in [0.717, 1.165) is 24.0 Å². The van der Waals surface area contributed by atoms with Crippen molar-refractivity contribution in [1.82, 2.24) is 10.6 Å². The van der Waals surface area contributed by atoms with Crippen LogP contribution in [-0.4, -0.2) is 17.9 Å². The molecule has 2 aromatic carbocycles. The minimum absolute atomic E-state index is 0.0398. The van der Waals surface area contributed by atoms with Gasteiger partial charge in [-0.3, -0.25) is 9.59 Å². The first-order valence-corrected chi connectivity index (χ1v) is 8.79. The van der Waals surface area contributed by atoms with Crippen molar-refractivity contribution in [2.24, 2.45) is 0 Å². The number of carbonyl (C=O) groups is 2. The van der Waals surface area contributed by atoms with Crippen molar-refractivity contribution in [2.75, 3.05) is 0 Å². The molecule has 2 aromatic rings. The van der Waals surface area contributed by atoms with Gasteiger partial charge in [0.1, 0.15) is 0 Å². The lowest BCUT2D eigenvalue weighted by molar-refractivity contribution is -0.125. The molecule has 25 heavy (non-hydrogen) atoms. The maximum atomic E-state index is 12.7. The molecule has 2 amide bonds. The second kappa shape index (κ2) is 7.51. The van der Waals surface area contributed by atoms with Crippen molar-refractivity contribution in [3.8, 4) is 0 Å². The Kier molecular flexibility index (Phi) is 5.17. The third-order valence-corrected chi connectivity index (χ3v) is 4.85. The summed E-state index contributed by atoms with van der Waals surface area (Å²) in [4.78, 5) is 24.3. The highest BCUT2D eigenvalue weighted by Crippen LogP contribution is 2.29. The van der Waals surface area contributed by atoms with Gasteiger partial charge in [0.05, 0.1) is 5.54 Å². The lowest BCUT2D eigenvalue weighted by Crippen LogP contribution is -2.48. The van der Waals surface area contributed by atoms with E-state index in [9.17, 15) is 9.59 Å². The molecule has 3 rings (SSSR count). The summed E-state index contributed by atoms with van der Waals surface area (Å²) in [5, 5.41) is 6.11. The molecule has 0 radical (unpaired) electrons. The number of nitrogens with one attached hydrogen (secondary N) is 2. The summed E-state index contributed by atoms with van der Waals surface area (Å²) < 4.78 is 0. The molecule has 4 nitrogen and oxygen atoms in total. The van der Waals surface area contributed by atoms with Crippen molar-refractivity contribution < 1.29 is 9.59 Å². The maximum Gasteiger partial charge on any atom is 0.223 e. The van der Waals surface area contributed by atoms with E-state index < -0.39 is 5.54 Å². The molecule has 1 fully saturated rings. The number of benzene rings is 2. The molecule has 0 aromatic heterocycles. The van der Waals surface area contributed by atoms with Crippen LogP contribution in [0.2, 0.25) is 0 Å². The van der Waals surface area contributed by atoms with Gasteiger partial charge in [-0.1, -0.05) is 60.7 Å². The van der Waals surface area contributed by atoms with Crippen LogP contribution in [0.15, 0.2) is 60.7 Å². The molecule has 0 aliphatic carbocycles. The summed E-state index contributed by atoms with van der Waals surface area (Å²) in [7, 11) is 0. The predicted molar refractivity (Wildman–Crippen MR) is 97.9 cm³/mol. The number of amides is 2. The number of rotatable bonds is 5. The zero-order valence-electron chi connectivity index (χ0n) is 14.5. The fourth-order valence-corrected chi connectivity index (χ4v) is 3.44. The third-order valence-electron chi connectivity index (χ3n) is 4.85. The Bertz CT molecular complexity index is 689. The fraction of sp³-hybridized carbons (Fsp3) is 0.333. The quantitative estimate of drug-likeness (QED) is 0.881. The summed E-state index contributed by atoms with van der Waals surface area (Å²) in [6.07, 6.45) is 2.57. The van der Waals surface area contributed by atoms with Gasteiger partial charge in [0.15, 0.2) is 0 Å². The summed E-state index contributed by atoms with van der Waals surface area (Å²) in [6, 6.07) is 19.9. The fourth-order valence-electron chi connectivity index (χ4n) is 3.44. The van der Waals surface area contributed by atoms with Crippen molar-refractivity contribution in [3.05, 3.63) is 71.8 Å². The Morgan fingerprint density at radius 3 is 2.16 bits per heavy atom. The van der Waals surface area contributed by atoms with E-state index in [4.69, 9.17) is 0 Å².